The second-order valence-corrected chi connectivity index (χ2v) is 14.0. The first-order valence-electron chi connectivity index (χ1n) is 14.7. The van der Waals surface area contributed by atoms with Gasteiger partial charge in [0.05, 0.1) is 27.5 Å². The van der Waals surface area contributed by atoms with Gasteiger partial charge in [0.1, 0.15) is 17.0 Å². The number of nitrogens with two attached hydrogens (primary N) is 1. The van der Waals surface area contributed by atoms with E-state index < -0.39 is 0 Å². The standard InChI is InChI=1S/C28H33ClN10OS2/c1-2-36-5-7-37(8-6-36)13-17-14-41-25-21(23-22-20(42-35-23)10-31-27(30)33-22)19(29)9-18-24(25)39(17)28(40)34-26(18)38-11-15-3-4-16(12-38)32-15/h9-10,15-17,32H,2-8,11-14H2,1H3,(H2,30,31,33). The molecule has 7 heterocycles. The number of hydrogen-bond acceptors (Lipinski definition) is 12. The van der Waals surface area contributed by atoms with Gasteiger partial charge in [0.15, 0.2) is 0 Å². The van der Waals surface area contributed by atoms with Crippen LogP contribution in [0.4, 0.5) is 11.8 Å². The number of thioether (sulfide) groups is 1. The molecule has 4 aliphatic heterocycles. The molecule has 42 heavy (non-hydrogen) atoms. The molecule has 3 N–H and O–H groups in total. The highest BCUT2D eigenvalue weighted by atomic mass is 35.5. The van der Waals surface area contributed by atoms with Crippen molar-refractivity contribution in [3.63, 3.8) is 0 Å². The number of nitrogens with zero attached hydrogens (tertiary/aromatic N) is 8. The Hall–Kier alpha value is -2.55. The number of nitrogen functional groups attached to an aromatic ring is 1. The number of fused-ring (bicyclic) bond motifs is 3. The summed E-state index contributed by atoms with van der Waals surface area (Å²) in [4.78, 5) is 35.8. The van der Waals surface area contributed by atoms with Crippen molar-refractivity contribution in [3.8, 4) is 11.3 Å². The highest BCUT2D eigenvalue weighted by molar-refractivity contribution is 7.99. The summed E-state index contributed by atoms with van der Waals surface area (Å²) >= 11 is 10.2. The van der Waals surface area contributed by atoms with E-state index in [1.807, 2.05) is 10.6 Å². The molecule has 0 radical (unpaired) electrons. The maximum atomic E-state index is 14.1. The molecule has 8 rings (SSSR count). The van der Waals surface area contributed by atoms with Gasteiger partial charge in [-0.2, -0.15) is 9.36 Å². The molecule has 0 aliphatic carbocycles. The molecule has 0 spiro atoms. The molecule has 3 fully saturated rings. The first kappa shape index (κ1) is 27.0. The number of halogens is 1. The topological polar surface area (TPSA) is 121 Å². The molecule has 2 bridgehead atoms. The second kappa shape index (κ2) is 10.6. The van der Waals surface area contributed by atoms with Crippen LogP contribution < -0.4 is 21.6 Å². The zero-order valence-electron chi connectivity index (χ0n) is 23.4. The zero-order chi connectivity index (χ0) is 28.5. The van der Waals surface area contributed by atoms with Crippen molar-refractivity contribution in [2.24, 2.45) is 0 Å². The Morgan fingerprint density at radius 2 is 1.88 bits per heavy atom. The van der Waals surface area contributed by atoms with Crippen LogP contribution in [0, 0.1) is 0 Å². The number of likely N-dealkylation sites (N-methyl/N-ethyl adjacent to an activating group) is 1. The van der Waals surface area contributed by atoms with E-state index in [0.29, 0.717) is 28.3 Å². The summed E-state index contributed by atoms with van der Waals surface area (Å²) in [6.45, 7) is 9.91. The Labute approximate surface area is 256 Å². The van der Waals surface area contributed by atoms with Gasteiger partial charge in [0.2, 0.25) is 5.95 Å². The molecule has 3 unspecified atom stereocenters. The molecule has 11 nitrogen and oxygen atoms in total. The molecular formula is C28H33ClN10OS2. The van der Waals surface area contributed by atoms with Gasteiger partial charge in [-0.3, -0.25) is 9.47 Å². The average Bonchev–Trinajstić information content (AvgIpc) is 3.56. The molecule has 3 atom stereocenters. The predicted octanol–water partition coefficient (Wildman–Crippen LogP) is 2.92. The van der Waals surface area contributed by atoms with E-state index in [1.54, 1.807) is 18.0 Å². The molecule has 4 aliphatic rings. The predicted molar refractivity (Wildman–Crippen MR) is 170 cm³/mol. The second-order valence-electron chi connectivity index (χ2n) is 11.8. The fourth-order valence-corrected chi connectivity index (χ4v) is 9.49. The Kier molecular flexibility index (Phi) is 6.80. The van der Waals surface area contributed by atoms with Crippen LogP contribution >= 0.6 is 34.9 Å². The van der Waals surface area contributed by atoms with E-state index in [0.717, 1.165) is 103 Å². The van der Waals surface area contributed by atoms with Gasteiger partial charge < -0.3 is 20.9 Å². The molecule has 14 heteroatoms. The van der Waals surface area contributed by atoms with Gasteiger partial charge in [-0.15, -0.1) is 11.8 Å². The number of piperazine rings is 2. The monoisotopic (exact) mass is 624 g/mol. The molecular weight excluding hydrogens is 592 g/mol. The van der Waals surface area contributed by atoms with Crippen molar-refractivity contribution >= 4 is 67.8 Å². The van der Waals surface area contributed by atoms with Gasteiger partial charge in [-0.05, 0) is 37.0 Å². The van der Waals surface area contributed by atoms with E-state index >= 15 is 0 Å². The van der Waals surface area contributed by atoms with E-state index in [1.165, 1.54) is 11.5 Å². The SMILES string of the molecule is CCN1CCN(CC2CSc3c(-c4nsc5cnc(N)nc45)c(Cl)cc4c(N5CC6CCC(C5)N6)nc(=O)n2c34)CC1. The van der Waals surface area contributed by atoms with Crippen LogP contribution in [0.3, 0.4) is 0 Å². The molecule has 4 aromatic rings. The van der Waals surface area contributed by atoms with Crippen LogP contribution in [0.25, 0.3) is 32.4 Å². The summed E-state index contributed by atoms with van der Waals surface area (Å²) in [6.07, 6.45) is 4.01. The van der Waals surface area contributed by atoms with Crippen LogP contribution in [0.1, 0.15) is 25.8 Å². The molecule has 0 amide bonds. The van der Waals surface area contributed by atoms with Gasteiger partial charge in [0.25, 0.3) is 0 Å². The maximum absolute atomic E-state index is 14.1. The average molecular weight is 625 g/mol. The summed E-state index contributed by atoms with van der Waals surface area (Å²) in [5.41, 5.74) is 8.88. The van der Waals surface area contributed by atoms with Gasteiger partial charge in [-0.25, -0.2) is 14.8 Å². The molecule has 3 aromatic heterocycles. The van der Waals surface area contributed by atoms with Crippen molar-refractivity contribution in [2.75, 3.05) is 68.7 Å². The van der Waals surface area contributed by atoms with E-state index in [9.17, 15) is 4.79 Å². The van der Waals surface area contributed by atoms with Gasteiger partial charge in [-0.1, -0.05) is 18.5 Å². The van der Waals surface area contributed by atoms with Crippen molar-refractivity contribution in [2.45, 2.75) is 42.8 Å². The Morgan fingerprint density at radius 3 is 2.64 bits per heavy atom. The molecule has 3 saturated heterocycles. The Bertz CT molecular complexity index is 1740. The third-order valence-corrected chi connectivity index (χ3v) is 11.6. The fourth-order valence-electron chi connectivity index (χ4n) is 7.13. The van der Waals surface area contributed by atoms with Gasteiger partial charge in [0, 0.05) is 79.5 Å². The normalized spacial score (nSPS) is 24.7. The first-order chi connectivity index (χ1) is 20.5. The van der Waals surface area contributed by atoms with Crippen molar-refractivity contribution in [1.29, 1.82) is 0 Å². The van der Waals surface area contributed by atoms with Crippen molar-refractivity contribution in [3.05, 3.63) is 27.8 Å². The van der Waals surface area contributed by atoms with Crippen LogP contribution in [0.5, 0.6) is 0 Å². The molecule has 1 aromatic carbocycles. The third kappa shape index (κ3) is 4.47. The fraction of sp³-hybridized carbons (Fsp3) is 0.536. The van der Waals surface area contributed by atoms with Crippen LogP contribution in [0.15, 0.2) is 22.0 Å². The third-order valence-electron chi connectivity index (χ3n) is 9.25. The quantitative estimate of drug-likeness (QED) is 0.341. The number of anilines is 2. The Balaban J connectivity index is 1.30. The lowest BCUT2D eigenvalue weighted by atomic mass is 10.1. The first-order valence-corrected chi connectivity index (χ1v) is 16.9. The lowest BCUT2D eigenvalue weighted by Gasteiger charge is -2.38. The molecule has 220 valence electrons. The minimum Gasteiger partial charge on any atom is -0.368 e. The number of aromatic nitrogens is 5. The number of nitrogens with one attached hydrogen (secondary N) is 1. The van der Waals surface area contributed by atoms with Crippen molar-refractivity contribution < 1.29 is 0 Å². The van der Waals surface area contributed by atoms with Crippen LogP contribution in [-0.2, 0) is 0 Å². The smallest absolute Gasteiger partial charge is 0.350 e. The summed E-state index contributed by atoms with van der Waals surface area (Å²) in [7, 11) is 0. The van der Waals surface area contributed by atoms with Crippen LogP contribution in [0.2, 0.25) is 5.02 Å². The minimum atomic E-state index is -0.190. The highest BCUT2D eigenvalue weighted by Crippen LogP contribution is 2.49. The summed E-state index contributed by atoms with van der Waals surface area (Å²) < 4.78 is 7.57. The van der Waals surface area contributed by atoms with Gasteiger partial charge >= 0.3 is 5.69 Å². The van der Waals surface area contributed by atoms with E-state index in [-0.39, 0.29) is 17.7 Å². The summed E-state index contributed by atoms with van der Waals surface area (Å²) in [6, 6.07) is 2.84. The lowest BCUT2D eigenvalue weighted by molar-refractivity contribution is 0.126. The highest BCUT2D eigenvalue weighted by Gasteiger charge is 2.37. The minimum absolute atomic E-state index is 0.00519. The number of rotatable bonds is 5. The number of hydrogen-bond donors (Lipinski definition) is 2. The van der Waals surface area contributed by atoms with E-state index in [2.05, 4.69) is 36.9 Å². The summed E-state index contributed by atoms with van der Waals surface area (Å²) in [5.74, 6) is 1.69. The number of benzene rings is 1. The van der Waals surface area contributed by atoms with Crippen LogP contribution in [-0.4, -0.2) is 104 Å². The molecule has 0 saturated carbocycles. The summed E-state index contributed by atoms with van der Waals surface area (Å²) in [5, 5.41) is 5.21. The lowest BCUT2D eigenvalue weighted by Crippen LogP contribution is -2.52. The van der Waals surface area contributed by atoms with E-state index in [4.69, 9.17) is 26.7 Å². The maximum Gasteiger partial charge on any atom is 0.350 e. The van der Waals surface area contributed by atoms with Crippen molar-refractivity contribution in [1.82, 2.24) is 39.0 Å². The Morgan fingerprint density at radius 1 is 1.12 bits per heavy atom. The zero-order valence-corrected chi connectivity index (χ0v) is 25.8. The largest absolute Gasteiger partial charge is 0.368 e.